The van der Waals surface area contributed by atoms with E-state index in [4.69, 9.17) is 11.6 Å². The average Bonchev–Trinajstić information content (AvgIpc) is 3.06. The molecule has 2 aromatic heterocycles. The molecule has 1 N–H and O–H groups in total. The zero-order valence-electron chi connectivity index (χ0n) is 11.7. The summed E-state index contributed by atoms with van der Waals surface area (Å²) < 4.78 is 1.53. The van der Waals surface area contributed by atoms with E-state index in [9.17, 15) is 10.1 Å². The number of aromatic amines is 1. The molecular formula is C17H9ClN4O. The number of hydrogen-bond acceptors (Lipinski definition) is 3. The molecular weight excluding hydrogens is 312 g/mol. The molecule has 23 heavy (non-hydrogen) atoms. The summed E-state index contributed by atoms with van der Waals surface area (Å²) >= 11 is 6.16. The van der Waals surface area contributed by atoms with E-state index in [1.807, 2.05) is 6.07 Å². The van der Waals surface area contributed by atoms with Crippen LogP contribution in [0.15, 0.2) is 53.5 Å². The quantitative estimate of drug-likeness (QED) is 0.584. The number of nitriles is 1. The lowest BCUT2D eigenvalue weighted by molar-refractivity contribution is 1.05. The van der Waals surface area contributed by atoms with Gasteiger partial charge in [0, 0.05) is 16.8 Å². The fourth-order valence-electron chi connectivity index (χ4n) is 2.80. The molecule has 0 unspecified atom stereocenters. The molecule has 4 aromatic rings. The van der Waals surface area contributed by atoms with Crippen LogP contribution >= 0.6 is 11.6 Å². The van der Waals surface area contributed by atoms with Crippen molar-refractivity contribution in [1.82, 2.24) is 14.8 Å². The van der Waals surface area contributed by atoms with Crippen LogP contribution in [0.25, 0.3) is 27.5 Å². The van der Waals surface area contributed by atoms with E-state index in [0.717, 1.165) is 10.8 Å². The van der Waals surface area contributed by atoms with Gasteiger partial charge < -0.3 is 0 Å². The standard InChI is InChI=1S/C17H9ClN4O/c18-13-5-6-14(12-9-20-21-16(12)13)22-15(23)7-4-10-2-1-3-11(8-19)17(10)22/h1-7,9H,(H,20,21). The second-order valence-electron chi connectivity index (χ2n) is 5.09. The number of para-hydroxylation sites is 1. The van der Waals surface area contributed by atoms with Crippen molar-refractivity contribution in [3.63, 3.8) is 0 Å². The second kappa shape index (κ2) is 4.97. The Bertz CT molecular complexity index is 1170. The first kappa shape index (κ1) is 13.6. The first-order valence-electron chi connectivity index (χ1n) is 6.87. The van der Waals surface area contributed by atoms with Gasteiger partial charge in [0.05, 0.1) is 33.5 Å². The van der Waals surface area contributed by atoms with Gasteiger partial charge in [0.2, 0.25) is 0 Å². The predicted octanol–water partition coefficient (Wildman–Crippen LogP) is 3.39. The van der Waals surface area contributed by atoms with Crippen molar-refractivity contribution in [2.24, 2.45) is 0 Å². The number of nitrogens with zero attached hydrogens (tertiary/aromatic N) is 3. The van der Waals surface area contributed by atoms with Crippen molar-refractivity contribution in [1.29, 1.82) is 5.26 Å². The highest BCUT2D eigenvalue weighted by Crippen LogP contribution is 2.29. The maximum atomic E-state index is 12.5. The van der Waals surface area contributed by atoms with Crippen LogP contribution in [0.4, 0.5) is 0 Å². The van der Waals surface area contributed by atoms with E-state index >= 15 is 0 Å². The van der Waals surface area contributed by atoms with Gasteiger partial charge >= 0.3 is 0 Å². The Morgan fingerprint density at radius 2 is 2.04 bits per heavy atom. The number of hydrogen-bond donors (Lipinski definition) is 1. The number of nitrogens with one attached hydrogen (secondary N) is 1. The summed E-state index contributed by atoms with van der Waals surface area (Å²) in [5.74, 6) is 0. The summed E-state index contributed by atoms with van der Waals surface area (Å²) in [5.41, 5.74) is 2.09. The molecule has 4 rings (SSSR count). The lowest BCUT2D eigenvalue weighted by Crippen LogP contribution is -2.18. The fraction of sp³-hybridized carbons (Fsp3) is 0. The predicted molar refractivity (Wildman–Crippen MR) is 88.9 cm³/mol. The van der Waals surface area contributed by atoms with Gasteiger partial charge in [-0.2, -0.15) is 10.4 Å². The monoisotopic (exact) mass is 320 g/mol. The minimum atomic E-state index is -0.218. The highest BCUT2D eigenvalue weighted by atomic mass is 35.5. The molecule has 0 saturated heterocycles. The van der Waals surface area contributed by atoms with Gasteiger partial charge in [-0.25, -0.2) is 0 Å². The molecule has 2 aromatic carbocycles. The first-order chi connectivity index (χ1) is 11.2. The Morgan fingerprint density at radius 1 is 1.17 bits per heavy atom. The summed E-state index contributed by atoms with van der Waals surface area (Å²) in [4.78, 5) is 12.5. The van der Waals surface area contributed by atoms with Crippen molar-refractivity contribution in [3.8, 4) is 11.8 Å². The van der Waals surface area contributed by atoms with Gasteiger partial charge in [-0.1, -0.05) is 23.7 Å². The average molecular weight is 321 g/mol. The molecule has 0 radical (unpaired) electrons. The van der Waals surface area contributed by atoms with Crippen LogP contribution in [0.5, 0.6) is 0 Å². The van der Waals surface area contributed by atoms with E-state index in [1.165, 1.54) is 10.6 Å². The lowest BCUT2D eigenvalue weighted by atomic mass is 10.1. The molecule has 0 aliphatic rings. The molecule has 2 heterocycles. The second-order valence-corrected chi connectivity index (χ2v) is 5.49. The van der Waals surface area contributed by atoms with E-state index in [-0.39, 0.29) is 5.56 Å². The van der Waals surface area contributed by atoms with Crippen LogP contribution in [0.1, 0.15) is 5.56 Å². The van der Waals surface area contributed by atoms with Crippen LogP contribution in [0.2, 0.25) is 5.02 Å². The number of fused-ring (bicyclic) bond motifs is 2. The van der Waals surface area contributed by atoms with E-state index < -0.39 is 0 Å². The van der Waals surface area contributed by atoms with Crippen LogP contribution in [-0.2, 0) is 0 Å². The maximum absolute atomic E-state index is 12.5. The van der Waals surface area contributed by atoms with Crippen molar-refractivity contribution < 1.29 is 0 Å². The van der Waals surface area contributed by atoms with Crippen molar-refractivity contribution in [3.05, 3.63) is 69.6 Å². The topological polar surface area (TPSA) is 74.5 Å². The highest BCUT2D eigenvalue weighted by molar-refractivity contribution is 6.35. The lowest BCUT2D eigenvalue weighted by Gasteiger charge is -2.12. The number of rotatable bonds is 1. The zero-order valence-corrected chi connectivity index (χ0v) is 12.5. The molecule has 0 saturated carbocycles. The maximum Gasteiger partial charge on any atom is 0.255 e. The summed E-state index contributed by atoms with van der Waals surface area (Å²) in [7, 11) is 0. The molecule has 0 atom stereocenters. The molecule has 0 bridgehead atoms. The van der Waals surface area contributed by atoms with E-state index in [2.05, 4.69) is 16.3 Å². The largest absolute Gasteiger partial charge is 0.276 e. The van der Waals surface area contributed by atoms with E-state index in [1.54, 1.807) is 36.5 Å². The Balaban J connectivity index is 2.24. The molecule has 0 spiro atoms. The molecule has 0 fully saturated rings. The van der Waals surface area contributed by atoms with Crippen molar-refractivity contribution >= 4 is 33.4 Å². The van der Waals surface area contributed by atoms with Crippen LogP contribution in [0, 0.1) is 11.3 Å². The smallest absolute Gasteiger partial charge is 0.255 e. The Kier molecular flexibility index (Phi) is 2.93. The van der Waals surface area contributed by atoms with Gasteiger partial charge in [0.25, 0.3) is 5.56 Å². The van der Waals surface area contributed by atoms with Gasteiger partial charge in [0.15, 0.2) is 0 Å². The third-order valence-electron chi connectivity index (χ3n) is 3.82. The molecule has 0 aliphatic carbocycles. The number of benzene rings is 2. The molecule has 0 amide bonds. The summed E-state index contributed by atoms with van der Waals surface area (Å²) in [6, 6.07) is 14.2. The summed E-state index contributed by atoms with van der Waals surface area (Å²) in [5, 5.41) is 18.3. The van der Waals surface area contributed by atoms with Crippen LogP contribution < -0.4 is 5.56 Å². The number of pyridine rings is 1. The Morgan fingerprint density at radius 3 is 2.87 bits per heavy atom. The van der Waals surface area contributed by atoms with Crippen molar-refractivity contribution in [2.45, 2.75) is 0 Å². The van der Waals surface area contributed by atoms with Gasteiger partial charge in [-0.05, 0) is 24.3 Å². The zero-order chi connectivity index (χ0) is 16.0. The highest BCUT2D eigenvalue weighted by Gasteiger charge is 2.14. The summed E-state index contributed by atoms with van der Waals surface area (Å²) in [6.45, 7) is 0. The number of halogens is 1. The van der Waals surface area contributed by atoms with Crippen LogP contribution in [-0.4, -0.2) is 14.8 Å². The van der Waals surface area contributed by atoms with Crippen LogP contribution in [0.3, 0.4) is 0 Å². The van der Waals surface area contributed by atoms with Gasteiger partial charge in [-0.3, -0.25) is 14.5 Å². The summed E-state index contributed by atoms with van der Waals surface area (Å²) in [6.07, 6.45) is 1.62. The third-order valence-corrected chi connectivity index (χ3v) is 4.13. The minimum Gasteiger partial charge on any atom is -0.276 e. The molecule has 5 nitrogen and oxygen atoms in total. The third kappa shape index (κ3) is 1.93. The molecule has 110 valence electrons. The normalized spacial score (nSPS) is 11.0. The fourth-order valence-corrected chi connectivity index (χ4v) is 3.01. The van der Waals surface area contributed by atoms with E-state index in [0.29, 0.717) is 27.3 Å². The SMILES string of the molecule is N#Cc1cccc2ccc(=O)n(-c3ccc(Cl)c4[nH]ncc34)c12. The molecule has 6 heteroatoms. The van der Waals surface area contributed by atoms with Gasteiger partial charge in [-0.15, -0.1) is 0 Å². The molecule has 0 aliphatic heterocycles. The number of H-pyrrole nitrogens is 1. The van der Waals surface area contributed by atoms with Gasteiger partial charge in [0.1, 0.15) is 6.07 Å². The Hall–Kier alpha value is -3.10. The first-order valence-corrected chi connectivity index (χ1v) is 7.25. The number of aromatic nitrogens is 3. The minimum absolute atomic E-state index is 0.218. The Labute approximate surface area is 135 Å². The van der Waals surface area contributed by atoms with Crippen molar-refractivity contribution in [2.75, 3.05) is 0 Å².